The number of nitrogens with one attached hydrogen (secondary N) is 1. The highest BCUT2D eigenvalue weighted by molar-refractivity contribution is 7.90. The average molecular weight is 1380 g/mol. The van der Waals surface area contributed by atoms with Gasteiger partial charge in [-0.15, -0.1) is 0 Å². The predicted octanol–water partition coefficient (Wildman–Crippen LogP) is 8.79. The van der Waals surface area contributed by atoms with Crippen LogP contribution in [0.25, 0.3) is 50.7 Å². The number of aliphatic hydroxyl groups is 2. The van der Waals surface area contributed by atoms with Gasteiger partial charge in [0.15, 0.2) is 16.9 Å². The molecule has 0 spiro atoms. The first-order chi connectivity index (χ1) is 48.4. The van der Waals surface area contributed by atoms with Crippen LogP contribution < -0.4 is 25.8 Å². The maximum absolute atomic E-state index is 11.8. The van der Waals surface area contributed by atoms with Crippen molar-refractivity contribution >= 4 is 78.8 Å². The summed E-state index contributed by atoms with van der Waals surface area (Å²) in [7, 11) is 0.651. The Morgan fingerprint density at radius 1 is 0.480 bits per heavy atom. The van der Waals surface area contributed by atoms with Gasteiger partial charge in [-0.25, -0.2) is 63.2 Å². The van der Waals surface area contributed by atoms with E-state index < -0.39 is 20.6 Å². The lowest BCUT2D eigenvalue weighted by Gasteiger charge is -2.20. The minimum absolute atomic E-state index is 0.0334. The quantitative estimate of drug-likeness (QED) is 0.0549. The molecule has 3 atom stereocenters. The van der Waals surface area contributed by atoms with Crippen LogP contribution in [0.4, 0.5) is 41.2 Å². The third-order valence-electron chi connectivity index (χ3n) is 15.2. The van der Waals surface area contributed by atoms with E-state index in [9.17, 15) is 17.7 Å². The molecule has 508 valence electrons. The minimum atomic E-state index is -3.53. The molecule has 30 heteroatoms. The van der Waals surface area contributed by atoms with Gasteiger partial charge in [0.25, 0.3) is 0 Å². The smallest absolute Gasteiger partial charge is 0.248 e. The lowest BCUT2D eigenvalue weighted by molar-refractivity contribution is 0.281. The molecular formula is C70H71N23O5S2. The Morgan fingerprint density at radius 3 is 1.28 bits per heavy atom. The number of aromatic nitrogens is 18. The van der Waals surface area contributed by atoms with Gasteiger partial charge < -0.3 is 21.3 Å². The second kappa shape index (κ2) is 32.0. The van der Waals surface area contributed by atoms with Crippen molar-refractivity contribution < 1.29 is 22.8 Å². The van der Waals surface area contributed by atoms with Gasteiger partial charge in [0.2, 0.25) is 43.9 Å². The highest BCUT2D eigenvalue weighted by atomic mass is 32.2. The van der Waals surface area contributed by atoms with E-state index in [4.69, 9.17) is 25.8 Å². The molecule has 14 rings (SSSR count). The standard InChI is InChI=1S/C26H26N8O.C17H15N7O2S.C17H15N7OS.C10H15NO/c1-18(13-19-7-6-8-20(14-19)16-35)30-25-27-12-11-23(32-25)33(2)26-31-22(21-9-4-3-5-10-21)15-24-28-17-29-34(24)26;1-23(14-8-9-18-16(22-14)27(2,25)26)17-21-13(12-6-4-3-5-7-12)10-15-19-11-20-24(15)17;1-23(14-8-9-18-16(22-14)26(2)25)17-21-13(12-6-4-3-5-7-12)10-15-19-11-20-24(15)17;1-8(11)5-9-3-2-4-10(6-9)7-12/h3-12,14-15,17-18,35H,13,16H2,1-2H3,(H,27,30,32);3-11H,1-2H3;3-11H,1-2H3;2-4,6,8,12H,5,7,11H2,1H3. The van der Waals surface area contributed by atoms with E-state index in [1.165, 1.54) is 30.7 Å². The van der Waals surface area contributed by atoms with Gasteiger partial charge in [0, 0.05) is 99.2 Å². The summed E-state index contributed by atoms with van der Waals surface area (Å²) in [5.74, 6) is 3.73. The summed E-state index contributed by atoms with van der Waals surface area (Å²) in [4.78, 5) is 58.0. The molecule has 0 aliphatic carbocycles. The van der Waals surface area contributed by atoms with Gasteiger partial charge in [0.1, 0.15) is 36.4 Å². The SMILES string of the molecule is CC(Cc1cccc(CO)c1)Nc1nccc(N(C)c2nc(-c3ccccc3)cc3ncnn23)n1.CC(N)Cc1cccc(CO)c1.CN(c1ccnc(S(C)(=O)=O)n1)c1nc(-c2ccccc2)cc2ncnn12.CN(c1ccnc(S(C)=O)n1)c1nc(-c2ccccc2)cc2ncnn12. The van der Waals surface area contributed by atoms with Gasteiger partial charge in [-0.05, 0) is 67.1 Å². The Hall–Kier alpha value is -11.8. The number of nitrogens with zero attached hydrogens (tertiary/aromatic N) is 21. The highest BCUT2D eigenvalue weighted by Gasteiger charge is 2.22. The van der Waals surface area contributed by atoms with Crippen molar-refractivity contribution in [2.45, 2.75) is 62.3 Å². The number of anilines is 7. The average Bonchev–Trinajstić information content (AvgIpc) is 1.56. The van der Waals surface area contributed by atoms with E-state index >= 15 is 0 Å². The van der Waals surface area contributed by atoms with Crippen LogP contribution in [0.3, 0.4) is 0 Å². The zero-order valence-electron chi connectivity index (χ0n) is 55.6. The molecule has 14 aromatic rings. The van der Waals surface area contributed by atoms with Crippen LogP contribution in [0.2, 0.25) is 0 Å². The molecule has 9 heterocycles. The number of fused-ring (bicyclic) bond motifs is 3. The van der Waals surface area contributed by atoms with Gasteiger partial charge in [0.05, 0.1) is 41.1 Å². The molecule has 0 fully saturated rings. The maximum Gasteiger partial charge on any atom is 0.248 e. The van der Waals surface area contributed by atoms with E-state index in [2.05, 4.69) is 78.5 Å². The van der Waals surface area contributed by atoms with Crippen LogP contribution in [0, 0.1) is 0 Å². The summed E-state index contributed by atoms with van der Waals surface area (Å²) >= 11 is 0. The molecule has 0 aliphatic heterocycles. The lowest BCUT2D eigenvalue weighted by Crippen LogP contribution is -2.22. The van der Waals surface area contributed by atoms with Crippen LogP contribution in [0.1, 0.15) is 36.1 Å². The van der Waals surface area contributed by atoms with E-state index in [1.54, 1.807) is 61.2 Å². The van der Waals surface area contributed by atoms with Crippen LogP contribution in [0.15, 0.2) is 224 Å². The largest absolute Gasteiger partial charge is 0.392 e. The molecule has 5 aromatic carbocycles. The fourth-order valence-corrected chi connectivity index (χ4v) is 11.3. The van der Waals surface area contributed by atoms with Crippen LogP contribution in [-0.2, 0) is 46.7 Å². The number of rotatable bonds is 19. The van der Waals surface area contributed by atoms with Gasteiger partial charge >= 0.3 is 0 Å². The summed E-state index contributed by atoms with van der Waals surface area (Å²) in [6.07, 6.45) is 13.4. The third kappa shape index (κ3) is 17.3. The Morgan fingerprint density at radius 2 is 0.870 bits per heavy atom. The minimum Gasteiger partial charge on any atom is -0.392 e. The number of hydrogen-bond donors (Lipinski definition) is 4. The molecule has 5 N–H and O–H groups in total. The van der Waals surface area contributed by atoms with E-state index in [0.29, 0.717) is 58.2 Å². The summed E-state index contributed by atoms with van der Waals surface area (Å²) in [6.45, 7) is 4.19. The van der Waals surface area contributed by atoms with Gasteiger partial charge in [-0.2, -0.15) is 33.8 Å². The number of hydrogen-bond acceptors (Lipinski definition) is 25. The van der Waals surface area contributed by atoms with Gasteiger partial charge in [-0.1, -0.05) is 140 Å². The van der Waals surface area contributed by atoms with Crippen molar-refractivity contribution in [1.82, 2.24) is 88.6 Å². The topological polar surface area (TPSA) is 346 Å². The van der Waals surface area contributed by atoms with E-state index in [0.717, 1.165) is 69.6 Å². The Kier molecular flexibility index (Phi) is 22.3. The van der Waals surface area contributed by atoms with E-state index in [-0.39, 0.29) is 35.6 Å². The lowest BCUT2D eigenvalue weighted by atomic mass is 10.0. The number of nitrogens with two attached hydrogens (primary N) is 1. The molecule has 0 bridgehead atoms. The summed E-state index contributed by atoms with van der Waals surface area (Å²) < 4.78 is 40.1. The molecule has 0 aliphatic rings. The number of benzene rings is 5. The highest BCUT2D eigenvalue weighted by Crippen LogP contribution is 2.30. The summed E-state index contributed by atoms with van der Waals surface area (Å²) in [6, 6.07) is 56.4. The van der Waals surface area contributed by atoms with Crippen molar-refractivity contribution in [3.8, 4) is 33.8 Å². The molecule has 100 heavy (non-hydrogen) atoms. The van der Waals surface area contributed by atoms with E-state index in [1.807, 2.05) is 184 Å². The van der Waals surface area contributed by atoms with Crippen molar-refractivity contribution in [3.63, 3.8) is 0 Å². The zero-order valence-corrected chi connectivity index (χ0v) is 57.2. The Bertz CT molecular complexity index is 5210. The van der Waals surface area contributed by atoms with Crippen molar-refractivity contribution in [2.24, 2.45) is 5.73 Å². The molecule has 0 saturated heterocycles. The van der Waals surface area contributed by atoms with Crippen LogP contribution in [-0.4, -0.2) is 157 Å². The van der Waals surface area contributed by atoms with Crippen molar-refractivity contribution in [3.05, 3.63) is 236 Å². The summed E-state index contributed by atoms with van der Waals surface area (Å²) in [5, 5.41) is 34.5. The second-order valence-electron chi connectivity index (χ2n) is 22.9. The molecule has 0 saturated carbocycles. The monoisotopic (exact) mass is 1380 g/mol. The first-order valence-corrected chi connectivity index (χ1v) is 34.8. The van der Waals surface area contributed by atoms with Crippen molar-refractivity contribution in [1.29, 1.82) is 0 Å². The number of sulfone groups is 1. The predicted molar refractivity (Wildman–Crippen MR) is 383 cm³/mol. The first kappa shape index (κ1) is 69.5. The van der Waals surface area contributed by atoms with Crippen molar-refractivity contribution in [2.75, 3.05) is 53.7 Å². The molecule has 0 radical (unpaired) electrons. The molecular weight excluding hydrogens is 1310 g/mol. The molecule has 0 amide bonds. The molecule has 28 nitrogen and oxygen atoms in total. The summed E-state index contributed by atoms with van der Waals surface area (Å²) in [5.41, 5.74) is 17.0. The fraction of sp³-hybridized carbons (Fsp3) is 0.186. The van der Waals surface area contributed by atoms with Gasteiger partial charge in [-0.3, -0.25) is 18.9 Å². The first-order valence-electron chi connectivity index (χ1n) is 31.3. The number of aliphatic hydroxyl groups excluding tert-OH is 2. The maximum atomic E-state index is 11.8. The molecule has 9 aromatic heterocycles. The molecule has 3 unspecified atom stereocenters. The second-order valence-corrected chi connectivity index (χ2v) is 26.1. The Labute approximate surface area is 578 Å². The zero-order chi connectivity index (χ0) is 70.3. The van der Waals surface area contributed by atoms with Crippen LogP contribution >= 0.6 is 0 Å². The Balaban J connectivity index is 0.000000141. The third-order valence-corrected chi connectivity index (χ3v) is 16.8. The fourth-order valence-electron chi connectivity index (χ4n) is 10.3. The normalized spacial score (nSPS) is 12.1. The van der Waals surface area contributed by atoms with Crippen LogP contribution in [0.5, 0.6) is 0 Å².